The first-order chi connectivity index (χ1) is 7.35. The monoisotopic (exact) mass is 255 g/mol. The van der Waals surface area contributed by atoms with E-state index in [1.165, 1.54) is 10.9 Å². The molecule has 0 radical (unpaired) electrons. The fraction of sp³-hybridized carbons (Fsp3) is 0.667. The summed E-state index contributed by atoms with van der Waals surface area (Å²) in [7, 11) is 1.57. The molecule has 1 rings (SSSR count). The van der Waals surface area contributed by atoms with Gasteiger partial charge in [0.1, 0.15) is 0 Å². The van der Waals surface area contributed by atoms with Crippen molar-refractivity contribution >= 4 is 11.6 Å². The fourth-order valence-corrected chi connectivity index (χ4v) is 1.85. The van der Waals surface area contributed by atoms with E-state index in [0.29, 0.717) is 12.2 Å². The van der Waals surface area contributed by atoms with E-state index in [1.54, 1.807) is 14.0 Å². The lowest BCUT2D eigenvalue weighted by Gasteiger charge is -2.20. The summed E-state index contributed by atoms with van der Waals surface area (Å²) in [5.74, 6) is 0. The minimum atomic E-state index is -4.24. The van der Waals surface area contributed by atoms with Crippen molar-refractivity contribution in [2.24, 2.45) is 7.05 Å². The van der Waals surface area contributed by atoms with Crippen LogP contribution in [0, 0.1) is 0 Å². The molecule has 0 fully saturated rings. The number of aromatic nitrogens is 2. The van der Waals surface area contributed by atoms with Crippen LogP contribution in [0.2, 0.25) is 5.02 Å². The molecule has 0 aliphatic heterocycles. The predicted molar refractivity (Wildman–Crippen MR) is 55.3 cm³/mol. The van der Waals surface area contributed by atoms with Gasteiger partial charge in [0, 0.05) is 7.05 Å². The number of rotatable bonds is 4. The van der Waals surface area contributed by atoms with Gasteiger partial charge in [-0.25, -0.2) is 0 Å². The second-order valence-corrected chi connectivity index (χ2v) is 3.84. The summed E-state index contributed by atoms with van der Waals surface area (Å²) in [5, 5.41) is 6.83. The lowest BCUT2D eigenvalue weighted by Crippen LogP contribution is -2.28. The van der Waals surface area contributed by atoms with Gasteiger partial charge in [0.15, 0.2) is 0 Å². The fourth-order valence-electron chi connectivity index (χ4n) is 1.56. The summed E-state index contributed by atoms with van der Waals surface area (Å²) in [6.07, 6.45) is -3.85. The molecule has 0 aromatic carbocycles. The summed E-state index contributed by atoms with van der Waals surface area (Å²) in [6.45, 7) is 2.18. The van der Waals surface area contributed by atoms with Crippen molar-refractivity contribution in [2.75, 3.05) is 6.54 Å². The highest BCUT2D eigenvalue weighted by molar-refractivity contribution is 6.31. The van der Waals surface area contributed by atoms with Crippen molar-refractivity contribution in [3.63, 3.8) is 0 Å². The Morgan fingerprint density at radius 3 is 2.56 bits per heavy atom. The van der Waals surface area contributed by atoms with Gasteiger partial charge >= 0.3 is 6.18 Å². The average Bonchev–Trinajstić information content (AvgIpc) is 2.43. The molecule has 1 unspecified atom stereocenters. The highest BCUT2D eigenvalue weighted by Gasteiger charge is 2.34. The van der Waals surface area contributed by atoms with E-state index in [9.17, 15) is 13.2 Å². The van der Waals surface area contributed by atoms with Crippen LogP contribution in [0.15, 0.2) is 6.20 Å². The standard InChI is InChI=1S/C9H13ClF3N3/c1-3-14-7(4-9(11,12)13)8-6(10)5-15-16(8)2/h5,7,14H,3-4H2,1-2H3. The Hall–Kier alpha value is -0.750. The quantitative estimate of drug-likeness (QED) is 0.897. The van der Waals surface area contributed by atoms with Gasteiger partial charge in [0.05, 0.1) is 29.4 Å². The molecule has 0 aliphatic carbocycles. The molecule has 0 amide bonds. The maximum Gasteiger partial charge on any atom is 0.390 e. The van der Waals surface area contributed by atoms with Crippen molar-refractivity contribution in [3.8, 4) is 0 Å². The van der Waals surface area contributed by atoms with Crippen LogP contribution in [-0.4, -0.2) is 22.5 Å². The topological polar surface area (TPSA) is 29.9 Å². The van der Waals surface area contributed by atoms with Gasteiger partial charge in [0.25, 0.3) is 0 Å². The van der Waals surface area contributed by atoms with E-state index in [1.807, 2.05) is 0 Å². The highest BCUT2D eigenvalue weighted by Crippen LogP contribution is 2.32. The smallest absolute Gasteiger partial charge is 0.309 e. The van der Waals surface area contributed by atoms with Crippen LogP contribution in [0.4, 0.5) is 13.2 Å². The zero-order chi connectivity index (χ0) is 12.3. The molecule has 1 atom stereocenters. The predicted octanol–water partition coefficient (Wildman–Crippen LogP) is 2.68. The molecule has 7 heteroatoms. The van der Waals surface area contributed by atoms with Gasteiger partial charge in [-0.1, -0.05) is 18.5 Å². The van der Waals surface area contributed by atoms with Gasteiger partial charge in [-0.2, -0.15) is 18.3 Å². The van der Waals surface area contributed by atoms with Crippen molar-refractivity contribution in [2.45, 2.75) is 25.6 Å². The zero-order valence-corrected chi connectivity index (χ0v) is 9.73. The van der Waals surface area contributed by atoms with Gasteiger partial charge in [-0.05, 0) is 6.54 Å². The van der Waals surface area contributed by atoms with E-state index in [-0.39, 0.29) is 5.02 Å². The summed E-state index contributed by atoms with van der Waals surface area (Å²) < 4.78 is 38.5. The third-order valence-corrected chi connectivity index (χ3v) is 2.45. The summed E-state index contributed by atoms with van der Waals surface area (Å²) in [6, 6.07) is -0.856. The molecule has 0 saturated carbocycles. The van der Waals surface area contributed by atoms with Crippen LogP contribution < -0.4 is 5.32 Å². The molecule has 0 spiro atoms. The highest BCUT2D eigenvalue weighted by atomic mass is 35.5. The van der Waals surface area contributed by atoms with Crippen LogP contribution in [0.3, 0.4) is 0 Å². The third-order valence-electron chi connectivity index (χ3n) is 2.15. The van der Waals surface area contributed by atoms with E-state index in [4.69, 9.17) is 11.6 Å². The molecule has 0 aliphatic rings. The van der Waals surface area contributed by atoms with Gasteiger partial charge in [-0.15, -0.1) is 0 Å². The minimum absolute atomic E-state index is 0.248. The van der Waals surface area contributed by atoms with E-state index in [2.05, 4.69) is 10.4 Å². The van der Waals surface area contributed by atoms with Crippen molar-refractivity contribution in [1.29, 1.82) is 0 Å². The number of nitrogens with one attached hydrogen (secondary N) is 1. The van der Waals surface area contributed by atoms with Crippen LogP contribution in [0.1, 0.15) is 25.1 Å². The summed E-state index contributed by atoms with van der Waals surface area (Å²) >= 11 is 5.81. The molecule has 16 heavy (non-hydrogen) atoms. The molecule has 3 nitrogen and oxygen atoms in total. The maximum atomic E-state index is 12.4. The number of halogens is 4. The number of hydrogen-bond acceptors (Lipinski definition) is 2. The lowest BCUT2D eigenvalue weighted by molar-refractivity contribution is -0.140. The first-order valence-electron chi connectivity index (χ1n) is 4.82. The Bertz CT molecular complexity index is 329. The van der Waals surface area contributed by atoms with Gasteiger partial charge < -0.3 is 5.32 Å². The lowest BCUT2D eigenvalue weighted by atomic mass is 10.1. The molecule has 0 bridgehead atoms. The average molecular weight is 256 g/mol. The Labute approximate surface area is 96.6 Å². The molecular formula is C9H13ClF3N3. The maximum absolute atomic E-state index is 12.4. The summed E-state index contributed by atoms with van der Waals surface area (Å²) in [4.78, 5) is 0. The van der Waals surface area contributed by atoms with Crippen molar-refractivity contribution in [1.82, 2.24) is 15.1 Å². The van der Waals surface area contributed by atoms with Gasteiger partial charge in [-0.3, -0.25) is 4.68 Å². The normalized spacial score (nSPS) is 14.1. The first-order valence-corrected chi connectivity index (χ1v) is 5.20. The summed E-state index contributed by atoms with van der Waals surface area (Å²) in [5.41, 5.74) is 0.362. The molecule has 0 saturated heterocycles. The van der Waals surface area contributed by atoms with Crippen LogP contribution in [-0.2, 0) is 7.05 Å². The van der Waals surface area contributed by atoms with E-state index in [0.717, 1.165) is 0 Å². The zero-order valence-electron chi connectivity index (χ0n) is 8.98. The minimum Gasteiger partial charge on any atom is -0.309 e. The Kier molecular flexibility index (Phi) is 4.21. The second-order valence-electron chi connectivity index (χ2n) is 3.43. The van der Waals surface area contributed by atoms with Crippen LogP contribution in [0.5, 0.6) is 0 Å². The number of alkyl halides is 3. The van der Waals surface area contributed by atoms with E-state index >= 15 is 0 Å². The van der Waals surface area contributed by atoms with Crippen LogP contribution >= 0.6 is 11.6 Å². The Balaban J connectivity index is 2.93. The largest absolute Gasteiger partial charge is 0.390 e. The number of aryl methyl sites for hydroxylation is 1. The van der Waals surface area contributed by atoms with Crippen molar-refractivity contribution in [3.05, 3.63) is 16.9 Å². The Morgan fingerprint density at radius 1 is 1.56 bits per heavy atom. The third kappa shape index (κ3) is 3.38. The van der Waals surface area contributed by atoms with Gasteiger partial charge in [0.2, 0.25) is 0 Å². The van der Waals surface area contributed by atoms with E-state index < -0.39 is 18.6 Å². The first kappa shape index (κ1) is 13.3. The van der Waals surface area contributed by atoms with Crippen molar-refractivity contribution < 1.29 is 13.2 Å². The number of hydrogen-bond donors (Lipinski definition) is 1. The Morgan fingerprint density at radius 2 is 2.19 bits per heavy atom. The SMILES string of the molecule is CCNC(CC(F)(F)F)c1c(Cl)cnn1C. The molecule has 1 N–H and O–H groups in total. The van der Waals surface area contributed by atoms with Crippen LogP contribution in [0.25, 0.3) is 0 Å². The second kappa shape index (κ2) is 5.05. The molecule has 92 valence electrons. The molecule has 1 aromatic heterocycles. The molecule has 1 aromatic rings. The molecular weight excluding hydrogens is 243 g/mol. The molecule has 1 heterocycles. The number of nitrogens with zero attached hydrogens (tertiary/aromatic N) is 2.